The Hall–Kier alpha value is -2.80. The first-order valence-electron chi connectivity index (χ1n) is 11.0. The minimum atomic E-state index is -0.363. The maximum atomic E-state index is 6.37. The second-order valence-corrected chi connectivity index (χ2v) is 8.46. The summed E-state index contributed by atoms with van der Waals surface area (Å²) in [5, 5.41) is 13.0. The lowest BCUT2D eigenvalue weighted by atomic mass is 10.1. The highest BCUT2D eigenvalue weighted by atomic mass is 32.2. The Balaban J connectivity index is 1.67. The number of rotatable bonds is 8. The van der Waals surface area contributed by atoms with Crippen molar-refractivity contribution in [3.63, 3.8) is 0 Å². The third-order valence-electron chi connectivity index (χ3n) is 5.39. The molecule has 4 rings (SSSR count). The Morgan fingerprint density at radius 3 is 2.52 bits per heavy atom. The fourth-order valence-corrected chi connectivity index (χ4v) is 4.48. The summed E-state index contributed by atoms with van der Waals surface area (Å²) >= 11 is 1.62. The lowest BCUT2D eigenvalue weighted by molar-refractivity contribution is 0.225. The molecule has 2 aromatic carbocycles. The second kappa shape index (κ2) is 10.0. The molecule has 1 atom stereocenters. The predicted molar refractivity (Wildman–Crippen MR) is 128 cm³/mol. The van der Waals surface area contributed by atoms with Gasteiger partial charge in [0.1, 0.15) is 0 Å². The summed E-state index contributed by atoms with van der Waals surface area (Å²) in [4.78, 5) is 7.04. The van der Waals surface area contributed by atoms with Crippen LogP contribution in [0.2, 0.25) is 0 Å². The van der Waals surface area contributed by atoms with Crippen LogP contribution in [0.3, 0.4) is 0 Å². The topological polar surface area (TPSA) is 63.2 Å². The van der Waals surface area contributed by atoms with Crippen LogP contribution >= 0.6 is 11.8 Å². The van der Waals surface area contributed by atoms with Crippen LogP contribution in [0.4, 0.5) is 11.4 Å². The van der Waals surface area contributed by atoms with E-state index in [1.54, 1.807) is 11.8 Å². The van der Waals surface area contributed by atoms with E-state index >= 15 is 0 Å². The van der Waals surface area contributed by atoms with Crippen molar-refractivity contribution in [1.29, 1.82) is 0 Å². The predicted octanol–water partition coefficient (Wildman–Crippen LogP) is 5.78. The molecule has 0 bridgehead atoms. The molecule has 3 aromatic rings. The van der Waals surface area contributed by atoms with Crippen LogP contribution in [0.15, 0.2) is 53.7 Å². The average molecular weight is 436 g/mol. The SMILES string of the molecule is CCCCSc1nnc2c(n1)OC(c1ccc(N(CC)CC)cc1)Nc1ccccc1-2. The van der Waals surface area contributed by atoms with Crippen LogP contribution < -0.4 is 15.0 Å². The smallest absolute Gasteiger partial charge is 0.247 e. The zero-order valence-electron chi connectivity index (χ0n) is 18.3. The number of ether oxygens (including phenoxy) is 1. The van der Waals surface area contributed by atoms with Crippen LogP contribution in [0.25, 0.3) is 11.3 Å². The number of nitrogens with one attached hydrogen (secondary N) is 1. The summed E-state index contributed by atoms with van der Waals surface area (Å²) in [6.45, 7) is 8.48. The Labute approximate surface area is 188 Å². The van der Waals surface area contributed by atoms with Crippen molar-refractivity contribution in [1.82, 2.24) is 15.2 Å². The first-order chi connectivity index (χ1) is 15.2. The van der Waals surface area contributed by atoms with Crippen LogP contribution in [0.1, 0.15) is 45.4 Å². The molecule has 1 N–H and O–H groups in total. The molecular formula is C24H29N5OS. The fourth-order valence-electron chi connectivity index (χ4n) is 3.62. The van der Waals surface area contributed by atoms with Gasteiger partial charge < -0.3 is 15.0 Å². The molecule has 6 nitrogen and oxygen atoms in total. The molecule has 1 aliphatic heterocycles. The molecule has 0 aliphatic carbocycles. The molecular weight excluding hydrogens is 406 g/mol. The summed E-state index contributed by atoms with van der Waals surface area (Å²) < 4.78 is 6.37. The number of benzene rings is 2. The van der Waals surface area contributed by atoms with Gasteiger partial charge in [-0.15, -0.1) is 10.2 Å². The van der Waals surface area contributed by atoms with E-state index in [0.717, 1.165) is 48.5 Å². The number of anilines is 2. The lowest BCUT2D eigenvalue weighted by Gasteiger charge is -2.23. The number of hydrogen-bond donors (Lipinski definition) is 1. The van der Waals surface area contributed by atoms with Crippen molar-refractivity contribution in [2.45, 2.75) is 45.0 Å². The standard InChI is InChI=1S/C24H29N5OS/c1-4-7-16-31-24-26-23-21(27-28-24)19-10-8-9-11-20(19)25-22(30-23)17-12-14-18(15-13-17)29(5-2)6-3/h8-15,22,25H,4-7,16H2,1-3H3. The number of aromatic nitrogens is 3. The monoisotopic (exact) mass is 435 g/mol. The van der Waals surface area contributed by atoms with Gasteiger partial charge in [0.2, 0.25) is 11.0 Å². The number of hydrogen-bond acceptors (Lipinski definition) is 7. The minimum Gasteiger partial charge on any atom is -0.448 e. The summed E-state index contributed by atoms with van der Waals surface area (Å²) in [6.07, 6.45) is 1.90. The van der Waals surface area contributed by atoms with Crippen molar-refractivity contribution >= 4 is 23.1 Å². The Morgan fingerprint density at radius 2 is 1.77 bits per heavy atom. The number of para-hydroxylation sites is 1. The molecule has 1 aliphatic rings. The highest BCUT2D eigenvalue weighted by molar-refractivity contribution is 7.99. The van der Waals surface area contributed by atoms with Crippen molar-refractivity contribution in [2.24, 2.45) is 0 Å². The van der Waals surface area contributed by atoms with Gasteiger partial charge >= 0.3 is 0 Å². The quantitative estimate of drug-likeness (QED) is 0.355. The van der Waals surface area contributed by atoms with Crippen LogP contribution in [-0.2, 0) is 0 Å². The van der Waals surface area contributed by atoms with Gasteiger partial charge in [0.15, 0.2) is 11.9 Å². The third kappa shape index (κ3) is 4.77. The minimum absolute atomic E-state index is 0.363. The average Bonchev–Trinajstić information content (AvgIpc) is 2.97. The van der Waals surface area contributed by atoms with Crippen LogP contribution in [0, 0.1) is 0 Å². The molecule has 162 valence electrons. The normalized spacial score (nSPS) is 14.6. The van der Waals surface area contributed by atoms with E-state index in [-0.39, 0.29) is 6.23 Å². The van der Waals surface area contributed by atoms with Crippen molar-refractivity contribution in [2.75, 3.05) is 29.1 Å². The highest BCUT2D eigenvalue weighted by Crippen LogP contribution is 2.39. The van der Waals surface area contributed by atoms with Crippen LogP contribution in [-0.4, -0.2) is 34.0 Å². The Kier molecular flexibility index (Phi) is 6.92. The molecule has 0 saturated carbocycles. The van der Waals surface area contributed by atoms with Crippen molar-refractivity contribution < 1.29 is 4.74 Å². The molecule has 0 fully saturated rings. The second-order valence-electron chi connectivity index (χ2n) is 7.40. The Morgan fingerprint density at radius 1 is 1.00 bits per heavy atom. The molecule has 0 radical (unpaired) electrons. The highest BCUT2D eigenvalue weighted by Gasteiger charge is 2.26. The number of thioether (sulfide) groups is 1. The van der Waals surface area contributed by atoms with Gasteiger partial charge in [0, 0.05) is 41.3 Å². The molecule has 0 saturated heterocycles. The molecule has 31 heavy (non-hydrogen) atoms. The van der Waals surface area contributed by atoms with Gasteiger partial charge in [0.05, 0.1) is 0 Å². The molecule has 2 heterocycles. The molecule has 1 aromatic heterocycles. The van der Waals surface area contributed by atoms with E-state index < -0.39 is 0 Å². The zero-order chi connectivity index (χ0) is 21.6. The van der Waals surface area contributed by atoms with Crippen molar-refractivity contribution in [3.05, 3.63) is 54.1 Å². The van der Waals surface area contributed by atoms with Gasteiger partial charge in [-0.05, 0) is 38.5 Å². The van der Waals surface area contributed by atoms with Gasteiger partial charge in [-0.3, -0.25) is 0 Å². The Bertz CT molecular complexity index is 1010. The first kappa shape index (κ1) is 21.4. The first-order valence-corrected chi connectivity index (χ1v) is 12.0. The lowest BCUT2D eigenvalue weighted by Crippen LogP contribution is -2.22. The molecule has 7 heteroatoms. The van der Waals surface area contributed by atoms with E-state index in [4.69, 9.17) is 9.72 Å². The number of unbranched alkanes of at least 4 members (excludes halogenated alkanes) is 1. The summed E-state index contributed by atoms with van der Waals surface area (Å²) in [7, 11) is 0. The van der Waals surface area contributed by atoms with Crippen LogP contribution in [0.5, 0.6) is 5.88 Å². The van der Waals surface area contributed by atoms with Gasteiger partial charge in [-0.2, -0.15) is 4.98 Å². The largest absolute Gasteiger partial charge is 0.448 e. The van der Waals surface area contributed by atoms with Gasteiger partial charge in [-0.1, -0.05) is 55.4 Å². The van der Waals surface area contributed by atoms with E-state index in [2.05, 4.69) is 65.5 Å². The summed E-state index contributed by atoms with van der Waals surface area (Å²) in [5.41, 5.74) is 4.83. The van der Waals surface area contributed by atoms with Gasteiger partial charge in [0.25, 0.3) is 0 Å². The van der Waals surface area contributed by atoms with E-state index in [0.29, 0.717) is 16.7 Å². The van der Waals surface area contributed by atoms with Gasteiger partial charge in [-0.25, -0.2) is 0 Å². The maximum absolute atomic E-state index is 6.37. The molecule has 0 amide bonds. The molecule has 0 spiro atoms. The van der Waals surface area contributed by atoms with E-state index in [1.165, 1.54) is 5.69 Å². The zero-order valence-corrected chi connectivity index (χ0v) is 19.2. The summed E-state index contributed by atoms with van der Waals surface area (Å²) in [5.74, 6) is 1.49. The number of fused-ring (bicyclic) bond motifs is 3. The van der Waals surface area contributed by atoms with E-state index in [9.17, 15) is 0 Å². The molecule has 1 unspecified atom stereocenters. The van der Waals surface area contributed by atoms with Crippen molar-refractivity contribution in [3.8, 4) is 17.1 Å². The summed E-state index contributed by atoms with van der Waals surface area (Å²) in [6, 6.07) is 16.6. The fraction of sp³-hybridized carbons (Fsp3) is 0.375. The number of nitrogens with zero attached hydrogens (tertiary/aromatic N) is 4. The maximum Gasteiger partial charge on any atom is 0.247 e. The third-order valence-corrected chi connectivity index (χ3v) is 6.31. The van der Waals surface area contributed by atoms with E-state index in [1.807, 2.05) is 24.3 Å².